The predicted molar refractivity (Wildman–Crippen MR) is 77.1 cm³/mol. The lowest BCUT2D eigenvalue weighted by Gasteiger charge is -2.21. The molecule has 18 heavy (non-hydrogen) atoms. The lowest BCUT2D eigenvalue weighted by molar-refractivity contribution is -0.127. The maximum absolute atomic E-state index is 12.2. The largest absolute Gasteiger partial charge is 0.332 e. The van der Waals surface area contributed by atoms with E-state index in [0.717, 1.165) is 22.9 Å². The summed E-state index contributed by atoms with van der Waals surface area (Å²) in [6, 6.07) is 8.59. The zero-order valence-corrected chi connectivity index (χ0v) is 12.4. The number of allylic oxidation sites excluding steroid dienone is 1. The topological polar surface area (TPSA) is 20.3 Å². The molecule has 96 valence electrons. The van der Waals surface area contributed by atoms with Gasteiger partial charge in [0, 0.05) is 23.1 Å². The highest BCUT2D eigenvalue weighted by Gasteiger charge is 2.31. The van der Waals surface area contributed by atoms with Crippen molar-refractivity contribution in [2.24, 2.45) is 0 Å². The third kappa shape index (κ3) is 3.70. The van der Waals surface area contributed by atoms with Gasteiger partial charge >= 0.3 is 0 Å². The first-order valence-corrected chi connectivity index (χ1v) is 7.05. The number of carbonyl (C=O) groups excluding carboxylic acids is 1. The summed E-state index contributed by atoms with van der Waals surface area (Å²) in [5.41, 5.74) is 2.23. The molecule has 2 nitrogen and oxygen atoms in total. The van der Waals surface area contributed by atoms with Crippen molar-refractivity contribution in [3.63, 3.8) is 0 Å². The second-order valence-electron chi connectivity index (χ2n) is 5.05. The minimum Gasteiger partial charge on any atom is -0.332 e. The lowest BCUT2D eigenvalue weighted by atomic mass is 10.2. The Balaban J connectivity index is 2.12. The standard InChI is InChI=1S/C15H18BrNO/c1-11(2)8-15(18)17(14-6-7-14)10-12-4-3-5-13(16)9-12/h3-5,8-9,14H,6-7,10H2,1-2H3. The van der Waals surface area contributed by atoms with E-state index in [1.54, 1.807) is 6.08 Å². The molecule has 0 spiro atoms. The molecule has 1 saturated carbocycles. The van der Waals surface area contributed by atoms with E-state index in [-0.39, 0.29) is 5.91 Å². The van der Waals surface area contributed by atoms with Gasteiger partial charge in [-0.25, -0.2) is 0 Å². The molecule has 0 aromatic heterocycles. The molecular formula is C15H18BrNO. The van der Waals surface area contributed by atoms with Crippen molar-refractivity contribution in [2.75, 3.05) is 0 Å². The summed E-state index contributed by atoms with van der Waals surface area (Å²) in [6.07, 6.45) is 4.00. The molecule has 0 unspecified atom stereocenters. The van der Waals surface area contributed by atoms with Crippen LogP contribution in [0, 0.1) is 0 Å². The molecule has 0 heterocycles. The van der Waals surface area contributed by atoms with Crippen LogP contribution in [0.25, 0.3) is 0 Å². The Morgan fingerprint density at radius 1 is 1.44 bits per heavy atom. The van der Waals surface area contributed by atoms with Gasteiger partial charge in [-0.15, -0.1) is 0 Å². The fourth-order valence-electron chi connectivity index (χ4n) is 1.94. The molecule has 0 N–H and O–H groups in total. The van der Waals surface area contributed by atoms with Gasteiger partial charge in [0.25, 0.3) is 0 Å². The number of benzene rings is 1. The molecule has 0 aliphatic heterocycles. The van der Waals surface area contributed by atoms with Crippen LogP contribution in [0.3, 0.4) is 0 Å². The second kappa shape index (κ2) is 5.70. The van der Waals surface area contributed by atoms with Crippen LogP contribution >= 0.6 is 15.9 Å². The Hall–Kier alpha value is -1.09. The predicted octanol–water partition coefficient (Wildman–Crippen LogP) is 3.91. The van der Waals surface area contributed by atoms with E-state index in [1.807, 2.05) is 30.9 Å². The molecule has 2 rings (SSSR count). The Kier molecular flexibility index (Phi) is 4.23. The van der Waals surface area contributed by atoms with Crippen LogP contribution in [0.15, 0.2) is 40.4 Å². The van der Waals surface area contributed by atoms with Crippen molar-refractivity contribution in [3.8, 4) is 0 Å². The number of halogens is 1. The first-order chi connectivity index (χ1) is 8.56. The summed E-state index contributed by atoms with van der Waals surface area (Å²) in [4.78, 5) is 14.1. The SMILES string of the molecule is CC(C)=CC(=O)N(Cc1cccc(Br)c1)C1CC1. The van der Waals surface area contributed by atoms with Crippen molar-refractivity contribution in [2.45, 2.75) is 39.3 Å². The molecule has 1 aromatic rings. The summed E-state index contributed by atoms with van der Waals surface area (Å²) in [6.45, 7) is 4.62. The second-order valence-corrected chi connectivity index (χ2v) is 5.96. The first kappa shape index (κ1) is 13.3. The highest BCUT2D eigenvalue weighted by Crippen LogP contribution is 2.29. The highest BCUT2D eigenvalue weighted by molar-refractivity contribution is 9.10. The summed E-state index contributed by atoms with van der Waals surface area (Å²) in [7, 11) is 0. The number of amides is 1. The van der Waals surface area contributed by atoms with Crippen LogP contribution in [0.1, 0.15) is 32.3 Å². The first-order valence-electron chi connectivity index (χ1n) is 6.26. The highest BCUT2D eigenvalue weighted by atomic mass is 79.9. The van der Waals surface area contributed by atoms with Gasteiger partial charge in [0.1, 0.15) is 0 Å². The molecule has 1 aromatic carbocycles. The fraction of sp³-hybridized carbons (Fsp3) is 0.400. The Morgan fingerprint density at radius 3 is 2.72 bits per heavy atom. The minimum atomic E-state index is 0.137. The fourth-order valence-corrected chi connectivity index (χ4v) is 2.38. The number of hydrogen-bond acceptors (Lipinski definition) is 1. The van der Waals surface area contributed by atoms with Crippen molar-refractivity contribution in [1.29, 1.82) is 0 Å². The van der Waals surface area contributed by atoms with E-state index < -0.39 is 0 Å². The zero-order valence-electron chi connectivity index (χ0n) is 10.8. The van der Waals surface area contributed by atoms with E-state index in [1.165, 1.54) is 5.56 Å². The molecule has 1 aliphatic carbocycles. The monoisotopic (exact) mass is 307 g/mol. The van der Waals surface area contributed by atoms with E-state index in [0.29, 0.717) is 12.6 Å². The third-order valence-corrected chi connectivity index (χ3v) is 3.42. The van der Waals surface area contributed by atoms with Crippen LogP contribution in [-0.4, -0.2) is 16.8 Å². The van der Waals surface area contributed by atoms with Crippen molar-refractivity contribution < 1.29 is 4.79 Å². The van der Waals surface area contributed by atoms with Crippen LogP contribution in [0.2, 0.25) is 0 Å². The van der Waals surface area contributed by atoms with Crippen LogP contribution in [-0.2, 0) is 11.3 Å². The molecule has 1 aliphatic rings. The van der Waals surface area contributed by atoms with Crippen LogP contribution in [0.4, 0.5) is 0 Å². The molecule has 1 amide bonds. The zero-order chi connectivity index (χ0) is 13.1. The number of hydrogen-bond donors (Lipinski definition) is 0. The van der Waals surface area contributed by atoms with Gasteiger partial charge in [-0.05, 0) is 44.4 Å². The Morgan fingerprint density at radius 2 is 2.17 bits per heavy atom. The third-order valence-electron chi connectivity index (χ3n) is 2.92. The number of carbonyl (C=O) groups is 1. The number of nitrogens with zero attached hydrogens (tertiary/aromatic N) is 1. The van der Waals surface area contributed by atoms with Gasteiger partial charge in [0.05, 0.1) is 0 Å². The molecule has 0 radical (unpaired) electrons. The molecule has 3 heteroatoms. The number of rotatable bonds is 4. The van der Waals surface area contributed by atoms with Gasteiger partial charge in [0.15, 0.2) is 0 Å². The van der Waals surface area contributed by atoms with E-state index in [9.17, 15) is 4.79 Å². The molecular weight excluding hydrogens is 290 g/mol. The van der Waals surface area contributed by atoms with Gasteiger partial charge in [0.2, 0.25) is 5.91 Å². The van der Waals surface area contributed by atoms with Gasteiger partial charge in [-0.1, -0.05) is 33.6 Å². The molecule has 1 fully saturated rings. The Bertz CT molecular complexity index is 473. The van der Waals surface area contributed by atoms with Crippen LogP contribution < -0.4 is 0 Å². The van der Waals surface area contributed by atoms with Crippen molar-refractivity contribution >= 4 is 21.8 Å². The molecule has 0 saturated heterocycles. The summed E-state index contributed by atoms with van der Waals surface area (Å²) >= 11 is 3.47. The van der Waals surface area contributed by atoms with Gasteiger partial charge < -0.3 is 4.90 Å². The van der Waals surface area contributed by atoms with Gasteiger partial charge in [-0.2, -0.15) is 0 Å². The summed E-state index contributed by atoms with van der Waals surface area (Å²) in [5, 5.41) is 0. The molecule has 0 atom stereocenters. The average Bonchev–Trinajstić information content (AvgIpc) is 3.08. The normalized spacial score (nSPS) is 14.2. The van der Waals surface area contributed by atoms with E-state index >= 15 is 0 Å². The lowest BCUT2D eigenvalue weighted by Crippen LogP contribution is -2.31. The van der Waals surface area contributed by atoms with Crippen molar-refractivity contribution in [3.05, 3.63) is 46.0 Å². The summed E-state index contributed by atoms with van der Waals surface area (Å²) < 4.78 is 1.06. The van der Waals surface area contributed by atoms with E-state index in [4.69, 9.17) is 0 Å². The minimum absolute atomic E-state index is 0.137. The summed E-state index contributed by atoms with van der Waals surface area (Å²) in [5.74, 6) is 0.137. The van der Waals surface area contributed by atoms with Gasteiger partial charge in [-0.3, -0.25) is 4.79 Å². The maximum atomic E-state index is 12.2. The van der Waals surface area contributed by atoms with E-state index in [2.05, 4.69) is 28.1 Å². The maximum Gasteiger partial charge on any atom is 0.247 e. The van der Waals surface area contributed by atoms with Crippen LogP contribution in [0.5, 0.6) is 0 Å². The molecule has 0 bridgehead atoms. The average molecular weight is 308 g/mol. The Labute approximate surface area is 117 Å². The smallest absolute Gasteiger partial charge is 0.247 e. The quantitative estimate of drug-likeness (QED) is 0.772. The van der Waals surface area contributed by atoms with Crippen molar-refractivity contribution in [1.82, 2.24) is 4.90 Å².